The molecule has 2 aromatic heterocycles. The first-order chi connectivity index (χ1) is 12.5. The van der Waals surface area contributed by atoms with Crippen molar-refractivity contribution >= 4 is 21.7 Å². The summed E-state index contributed by atoms with van der Waals surface area (Å²) >= 11 is 3.37. The van der Waals surface area contributed by atoms with Crippen LogP contribution in [0.4, 0.5) is 27.8 Å². The molecule has 2 aromatic rings. The van der Waals surface area contributed by atoms with Crippen LogP contribution in [0.15, 0.2) is 18.3 Å². The van der Waals surface area contributed by atoms with Crippen LogP contribution in [0.2, 0.25) is 0 Å². The Hall–Kier alpha value is -1.78. The maximum Gasteiger partial charge on any atom is 0.435 e. The van der Waals surface area contributed by atoms with Gasteiger partial charge in [0.1, 0.15) is 5.82 Å². The number of hydrogen-bond acceptors (Lipinski definition) is 4. The number of nitrogens with one attached hydrogen (secondary N) is 1. The number of nitrogens with zero attached hydrogens (tertiary/aromatic N) is 4. The smallest absolute Gasteiger partial charge is 0.367 e. The SMILES string of the molecule is CC(Br)c1cc(NC2CCC(F)(F)CC2)nc(-n2ccc(C(F)(F)F)n2)n1. The van der Waals surface area contributed by atoms with E-state index in [0.29, 0.717) is 11.5 Å². The Kier molecular flexibility index (Phi) is 5.42. The van der Waals surface area contributed by atoms with Crippen molar-refractivity contribution in [2.75, 3.05) is 5.32 Å². The third-order valence-electron chi connectivity index (χ3n) is 4.30. The second kappa shape index (κ2) is 7.33. The molecule has 1 fully saturated rings. The summed E-state index contributed by atoms with van der Waals surface area (Å²) in [6, 6.07) is 2.29. The number of hydrogen-bond donors (Lipinski definition) is 1. The summed E-state index contributed by atoms with van der Waals surface area (Å²) in [5, 5.41) is 6.58. The molecule has 0 spiro atoms. The van der Waals surface area contributed by atoms with Crippen LogP contribution in [-0.4, -0.2) is 31.7 Å². The van der Waals surface area contributed by atoms with E-state index in [4.69, 9.17) is 0 Å². The topological polar surface area (TPSA) is 55.6 Å². The summed E-state index contributed by atoms with van der Waals surface area (Å²) in [5.41, 5.74) is -0.514. The highest BCUT2D eigenvalue weighted by molar-refractivity contribution is 9.09. The summed E-state index contributed by atoms with van der Waals surface area (Å²) in [5.74, 6) is -2.31. The van der Waals surface area contributed by atoms with E-state index in [1.807, 2.05) is 0 Å². The van der Waals surface area contributed by atoms with Crippen LogP contribution in [0.3, 0.4) is 0 Å². The highest BCUT2D eigenvalue weighted by Gasteiger charge is 2.35. The van der Waals surface area contributed by atoms with E-state index in [-0.39, 0.29) is 42.5 Å². The minimum absolute atomic E-state index is 0.0297. The fraction of sp³-hybridized carbons (Fsp3) is 0.562. The minimum Gasteiger partial charge on any atom is -0.367 e. The highest BCUT2D eigenvalue weighted by atomic mass is 79.9. The predicted molar refractivity (Wildman–Crippen MR) is 92.3 cm³/mol. The highest BCUT2D eigenvalue weighted by Crippen LogP contribution is 2.34. The van der Waals surface area contributed by atoms with E-state index in [1.54, 1.807) is 13.0 Å². The number of anilines is 1. The largest absolute Gasteiger partial charge is 0.435 e. The Balaban J connectivity index is 1.86. The standard InChI is InChI=1S/C16H17BrF5N5/c1-9(17)11-8-13(23-10-2-5-15(18,19)6-3-10)25-14(24-11)27-7-4-12(26-27)16(20,21)22/h4,7-10H,2-3,5-6H2,1H3,(H,23,24,25). The molecule has 0 aliphatic heterocycles. The summed E-state index contributed by atoms with van der Waals surface area (Å²) in [6.45, 7) is 1.81. The molecular formula is C16H17BrF5N5. The van der Waals surface area contributed by atoms with Gasteiger partial charge in [-0.2, -0.15) is 23.3 Å². The van der Waals surface area contributed by atoms with E-state index in [1.165, 1.54) is 0 Å². The van der Waals surface area contributed by atoms with Crippen LogP contribution in [0.1, 0.15) is 48.8 Å². The molecule has 0 radical (unpaired) electrons. The van der Waals surface area contributed by atoms with Gasteiger partial charge >= 0.3 is 6.18 Å². The molecule has 5 nitrogen and oxygen atoms in total. The van der Waals surface area contributed by atoms with Crippen molar-refractivity contribution in [1.82, 2.24) is 19.7 Å². The van der Waals surface area contributed by atoms with Crippen molar-refractivity contribution < 1.29 is 22.0 Å². The van der Waals surface area contributed by atoms with Crippen molar-refractivity contribution in [3.05, 3.63) is 29.7 Å². The first-order valence-electron chi connectivity index (χ1n) is 8.34. The molecular weight excluding hydrogens is 437 g/mol. The summed E-state index contributed by atoms with van der Waals surface area (Å²) in [6.07, 6.45) is -3.29. The molecule has 1 saturated carbocycles. The molecule has 1 aliphatic carbocycles. The molecule has 1 unspecified atom stereocenters. The van der Waals surface area contributed by atoms with E-state index in [0.717, 1.165) is 16.9 Å². The quantitative estimate of drug-likeness (QED) is 0.515. The predicted octanol–water partition coefficient (Wildman–Crippen LogP) is 5.13. The zero-order valence-electron chi connectivity index (χ0n) is 14.3. The van der Waals surface area contributed by atoms with Crippen molar-refractivity contribution in [3.8, 4) is 5.95 Å². The zero-order chi connectivity index (χ0) is 19.8. The normalized spacial score (nSPS) is 19.1. The lowest BCUT2D eigenvalue weighted by Crippen LogP contribution is -2.32. The number of halogens is 6. The van der Waals surface area contributed by atoms with Crippen molar-refractivity contribution in [1.29, 1.82) is 0 Å². The van der Waals surface area contributed by atoms with Crippen LogP contribution in [-0.2, 0) is 6.18 Å². The maximum atomic E-state index is 13.3. The molecule has 0 bridgehead atoms. The van der Waals surface area contributed by atoms with E-state index in [2.05, 4.69) is 36.3 Å². The summed E-state index contributed by atoms with van der Waals surface area (Å²) in [7, 11) is 0. The van der Waals surface area contributed by atoms with Crippen LogP contribution in [0.25, 0.3) is 5.95 Å². The van der Waals surface area contributed by atoms with Gasteiger partial charge in [-0.3, -0.25) is 0 Å². The van der Waals surface area contributed by atoms with Gasteiger partial charge in [-0.25, -0.2) is 18.4 Å². The Bertz CT molecular complexity index is 795. The summed E-state index contributed by atoms with van der Waals surface area (Å²) in [4.78, 5) is 8.26. The molecule has 0 saturated heterocycles. The average Bonchev–Trinajstić information content (AvgIpc) is 3.07. The van der Waals surface area contributed by atoms with Crippen molar-refractivity contribution in [2.24, 2.45) is 0 Å². The average molecular weight is 454 g/mol. The Morgan fingerprint density at radius 2 is 1.93 bits per heavy atom. The van der Waals surface area contributed by atoms with Gasteiger partial charge in [0.25, 0.3) is 5.95 Å². The third kappa shape index (κ3) is 4.94. The Morgan fingerprint density at radius 1 is 1.26 bits per heavy atom. The third-order valence-corrected chi connectivity index (χ3v) is 4.76. The lowest BCUT2D eigenvalue weighted by Gasteiger charge is -2.29. The molecule has 27 heavy (non-hydrogen) atoms. The first-order valence-corrected chi connectivity index (χ1v) is 9.26. The second-order valence-electron chi connectivity index (χ2n) is 6.51. The molecule has 3 rings (SSSR count). The molecule has 1 atom stereocenters. The van der Waals surface area contributed by atoms with Crippen LogP contribution in [0.5, 0.6) is 0 Å². The fourth-order valence-corrected chi connectivity index (χ4v) is 3.05. The molecule has 148 valence electrons. The van der Waals surface area contributed by atoms with Crippen LogP contribution >= 0.6 is 15.9 Å². The van der Waals surface area contributed by atoms with Crippen molar-refractivity contribution in [2.45, 2.75) is 55.6 Å². The molecule has 0 amide bonds. The number of alkyl halides is 6. The zero-order valence-corrected chi connectivity index (χ0v) is 15.9. The van der Waals surface area contributed by atoms with E-state index in [9.17, 15) is 22.0 Å². The van der Waals surface area contributed by atoms with Gasteiger partial charge in [-0.05, 0) is 25.8 Å². The van der Waals surface area contributed by atoms with Gasteiger partial charge in [-0.1, -0.05) is 15.9 Å². The Labute approximate surface area is 160 Å². The maximum absolute atomic E-state index is 13.3. The lowest BCUT2D eigenvalue weighted by atomic mass is 9.92. The van der Waals surface area contributed by atoms with Gasteiger partial charge in [0.05, 0.1) is 10.5 Å². The van der Waals surface area contributed by atoms with Crippen LogP contribution < -0.4 is 5.32 Å². The van der Waals surface area contributed by atoms with E-state index >= 15 is 0 Å². The van der Waals surface area contributed by atoms with Gasteiger partial charge in [0.15, 0.2) is 5.69 Å². The monoisotopic (exact) mass is 453 g/mol. The van der Waals surface area contributed by atoms with Gasteiger partial charge in [0.2, 0.25) is 5.92 Å². The molecule has 1 N–H and O–H groups in total. The second-order valence-corrected chi connectivity index (χ2v) is 7.89. The van der Waals surface area contributed by atoms with Crippen LogP contribution in [0, 0.1) is 0 Å². The number of rotatable bonds is 4. The lowest BCUT2D eigenvalue weighted by molar-refractivity contribution is -0.141. The molecule has 2 heterocycles. The summed E-state index contributed by atoms with van der Waals surface area (Å²) < 4.78 is 65.9. The van der Waals surface area contributed by atoms with Gasteiger partial charge < -0.3 is 5.32 Å². The van der Waals surface area contributed by atoms with Gasteiger partial charge in [-0.15, -0.1) is 0 Å². The Morgan fingerprint density at radius 3 is 2.48 bits per heavy atom. The van der Waals surface area contributed by atoms with Crippen molar-refractivity contribution in [3.63, 3.8) is 0 Å². The van der Waals surface area contributed by atoms with E-state index < -0.39 is 17.8 Å². The molecule has 1 aliphatic rings. The minimum atomic E-state index is -4.57. The fourth-order valence-electron chi connectivity index (χ4n) is 2.81. The van der Waals surface area contributed by atoms with Gasteiger partial charge in [0, 0.05) is 31.1 Å². The molecule has 11 heteroatoms. The molecule has 0 aromatic carbocycles. The number of aromatic nitrogens is 4. The first kappa shape index (κ1) is 20.0.